The summed E-state index contributed by atoms with van der Waals surface area (Å²) in [5.41, 5.74) is 4.40. The highest BCUT2D eigenvalue weighted by atomic mass is 16.5. The van der Waals surface area contributed by atoms with Crippen molar-refractivity contribution in [2.75, 3.05) is 17.2 Å². The van der Waals surface area contributed by atoms with E-state index in [-0.39, 0.29) is 5.91 Å². The molecule has 1 heterocycles. The normalized spacial score (nSPS) is 10.6. The predicted octanol–water partition coefficient (Wildman–Crippen LogP) is 6.87. The lowest BCUT2D eigenvalue weighted by molar-refractivity contribution is 0.0948. The minimum Gasteiger partial charge on any atom is -0.480 e. The number of hydrogen-bond acceptors (Lipinski definition) is 4. The van der Waals surface area contributed by atoms with Gasteiger partial charge in [0.25, 0.3) is 5.91 Å². The van der Waals surface area contributed by atoms with Crippen molar-refractivity contribution >= 4 is 23.3 Å². The van der Waals surface area contributed by atoms with Crippen LogP contribution in [0.15, 0.2) is 134 Å². The third-order valence-corrected chi connectivity index (χ3v) is 6.41. The van der Waals surface area contributed by atoms with E-state index in [2.05, 4.69) is 20.9 Å². The van der Waals surface area contributed by atoms with Gasteiger partial charge in [-0.3, -0.25) is 9.78 Å². The van der Waals surface area contributed by atoms with Crippen LogP contribution in [0.3, 0.4) is 0 Å². The number of pyridine rings is 1. The Hall–Kier alpha value is -5.43. The standard InChI is InChI=1S/C34H30N4O3/c39-33(36-23-20-25-18-21-35-22-19-25)30-24-29(38-34(40)37-28-14-8-3-9-15-28)16-17-31(30)41-32(26-10-4-1-5-11-26)27-12-6-2-7-13-27/h1-19,21-22,24,32H,20,23H2,(H,36,39)(H2,37,38,40). The molecule has 0 saturated carbocycles. The summed E-state index contributed by atoms with van der Waals surface area (Å²) in [5, 5.41) is 8.61. The Bertz CT molecular complexity index is 1520. The molecule has 4 aromatic carbocycles. The van der Waals surface area contributed by atoms with E-state index in [4.69, 9.17) is 4.74 Å². The highest BCUT2D eigenvalue weighted by Crippen LogP contribution is 2.32. The van der Waals surface area contributed by atoms with Crippen molar-refractivity contribution in [2.24, 2.45) is 0 Å². The lowest BCUT2D eigenvalue weighted by atomic mass is 10.0. The summed E-state index contributed by atoms with van der Waals surface area (Å²) in [7, 11) is 0. The van der Waals surface area contributed by atoms with Crippen LogP contribution in [0, 0.1) is 0 Å². The fourth-order valence-electron chi connectivity index (χ4n) is 4.38. The quantitative estimate of drug-likeness (QED) is 0.180. The molecule has 0 spiro atoms. The zero-order valence-corrected chi connectivity index (χ0v) is 22.4. The summed E-state index contributed by atoms with van der Waals surface area (Å²) in [6.45, 7) is 0.426. The van der Waals surface area contributed by atoms with Crippen molar-refractivity contribution in [3.8, 4) is 5.75 Å². The summed E-state index contributed by atoms with van der Waals surface area (Å²) in [6, 6.07) is 37.4. The van der Waals surface area contributed by atoms with E-state index in [9.17, 15) is 9.59 Å². The Labute approximate surface area is 239 Å². The van der Waals surface area contributed by atoms with Crippen LogP contribution in [0.5, 0.6) is 5.75 Å². The molecule has 0 bridgehead atoms. The number of ether oxygens (including phenoxy) is 1. The van der Waals surface area contributed by atoms with Crippen molar-refractivity contribution < 1.29 is 14.3 Å². The molecule has 0 fully saturated rings. The summed E-state index contributed by atoms with van der Waals surface area (Å²) in [5.74, 6) is 0.0965. The second-order valence-electron chi connectivity index (χ2n) is 9.34. The Balaban J connectivity index is 1.41. The summed E-state index contributed by atoms with van der Waals surface area (Å²) < 4.78 is 6.56. The second kappa shape index (κ2) is 13.6. The molecule has 0 unspecified atom stereocenters. The van der Waals surface area contributed by atoms with Crippen LogP contribution in [-0.2, 0) is 6.42 Å². The van der Waals surface area contributed by atoms with E-state index >= 15 is 0 Å². The maximum Gasteiger partial charge on any atom is 0.323 e. The average Bonchev–Trinajstić information content (AvgIpc) is 3.02. The van der Waals surface area contributed by atoms with Gasteiger partial charge in [-0.2, -0.15) is 0 Å². The number of urea groups is 1. The summed E-state index contributed by atoms with van der Waals surface area (Å²) in [6.07, 6.45) is 3.66. The molecule has 0 saturated heterocycles. The molecule has 0 aliphatic carbocycles. The Morgan fingerprint density at radius 2 is 1.27 bits per heavy atom. The van der Waals surface area contributed by atoms with Crippen LogP contribution < -0.4 is 20.7 Å². The number of carbonyl (C=O) groups excluding carboxylic acids is 2. The molecule has 7 nitrogen and oxygen atoms in total. The van der Waals surface area contributed by atoms with E-state index in [1.54, 1.807) is 42.7 Å². The summed E-state index contributed by atoms with van der Waals surface area (Å²) in [4.78, 5) is 30.2. The number of amides is 3. The zero-order chi connectivity index (χ0) is 28.3. The minimum absolute atomic E-state index is 0.305. The van der Waals surface area contributed by atoms with Gasteiger partial charge in [-0.25, -0.2) is 4.79 Å². The van der Waals surface area contributed by atoms with E-state index in [1.165, 1.54) is 0 Å². The van der Waals surface area contributed by atoms with Gasteiger partial charge in [0.15, 0.2) is 0 Å². The maximum atomic E-state index is 13.5. The van der Waals surface area contributed by atoms with Gasteiger partial charge in [-0.05, 0) is 65.6 Å². The average molecular weight is 543 g/mol. The molecule has 7 heteroatoms. The van der Waals surface area contributed by atoms with E-state index in [1.807, 2.05) is 91.0 Å². The van der Waals surface area contributed by atoms with Crippen LogP contribution in [-0.4, -0.2) is 23.5 Å². The number of aromatic nitrogens is 1. The number of rotatable bonds is 10. The van der Waals surface area contributed by atoms with Gasteiger partial charge in [0.2, 0.25) is 0 Å². The minimum atomic E-state index is -0.444. The number of para-hydroxylation sites is 1. The fraction of sp³-hybridized carbons (Fsp3) is 0.0882. The molecule has 5 aromatic rings. The van der Waals surface area contributed by atoms with Crippen LogP contribution in [0.1, 0.15) is 33.2 Å². The summed E-state index contributed by atoms with van der Waals surface area (Å²) >= 11 is 0. The largest absolute Gasteiger partial charge is 0.480 e. The van der Waals surface area contributed by atoms with Crippen molar-refractivity contribution in [1.29, 1.82) is 0 Å². The Morgan fingerprint density at radius 1 is 0.683 bits per heavy atom. The van der Waals surface area contributed by atoms with Gasteiger partial charge in [0, 0.05) is 30.3 Å². The highest BCUT2D eigenvalue weighted by molar-refractivity contribution is 6.02. The number of nitrogens with zero attached hydrogens (tertiary/aromatic N) is 1. The maximum absolute atomic E-state index is 13.5. The lowest BCUT2D eigenvalue weighted by Gasteiger charge is -2.22. The van der Waals surface area contributed by atoms with E-state index < -0.39 is 12.1 Å². The highest BCUT2D eigenvalue weighted by Gasteiger charge is 2.21. The smallest absolute Gasteiger partial charge is 0.323 e. The molecule has 3 N–H and O–H groups in total. The SMILES string of the molecule is O=C(Nc1ccccc1)Nc1ccc(OC(c2ccccc2)c2ccccc2)c(C(=O)NCCc2ccncc2)c1. The first-order valence-electron chi connectivity index (χ1n) is 13.4. The van der Waals surface area contributed by atoms with Gasteiger partial charge in [0.05, 0.1) is 5.56 Å². The van der Waals surface area contributed by atoms with E-state index in [0.29, 0.717) is 35.7 Å². The van der Waals surface area contributed by atoms with Crippen molar-refractivity contribution in [2.45, 2.75) is 12.5 Å². The zero-order valence-electron chi connectivity index (χ0n) is 22.4. The molecule has 41 heavy (non-hydrogen) atoms. The molecule has 0 aliphatic heterocycles. The number of benzene rings is 4. The topological polar surface area (TPSA) is 92.4 Å². The van der Waals surface area contributed by atoms with Crippen molar-refractivity contribution in [1.82, 2.24) is 10.3 Å². The first-order chi connectivity index (χ1) is 20.2. The second-order valence-corrected chi connectivity index (χ2v) is 9.34. The van der Waals surface area contributed by atoms with Crippen molar-refractivity contribution in [3.63, 3.8) is 0 Å². The molecule has 204 valence electrons. The Kier molecular flexibility index (Phi) is 8.99. The monoisotopic (exact) mass is 542 g/mol. The number of anilines is 2. The molecule has 5 rings (SSSR count). The van der Waals surface area contributed by atoms with Crippen LogP contribution in [0.25, 0.3) is 0 Å². The number of carbonyl (C=O) groups is 2. The van der Waals surface area contributed by atoms with Gasteiger partial charge in [-0.1, -0.05) is 78.9 Å². The van der Waals surface area contributed by atoms with Gasteiger partial charge in [-0.15, -0.1) is 0 Å². The molecule has 3 amide bonds. The first kappa shape index (κ1) is 27.1. The molecule has 0 atom stereocenters. The molecule has 0 radical (unpaired) electrons. The Morgan fingerprint density at radius 3 is 1.90 bits per heavy atom. The van der Waals surface area contributed by atoms with Crippen LogP contribution in [0.4, 0.5) is 16.2 Å². The predicted molar refractivity (Wildman–Crippen MR) is 161 cm³/mol. The van der Waals surface area contributed by atoms with Crippen molar-refractivity contribution in [3.05, 3.63) is 156 Å². The number of hydrogen-bond donors (Lipinski definition) is 3. The van der Waals surface area contributed by atoms with E-state index in [0.717, 1.165) is 16.7 Å². The van der Waals surface area contributed by atoms with Crippen LogP contribution in [0.2, 0.25) is 0 Å². The molecular weight excluding hydrogens is 512 g/mol. The molecule has 1 aromatic heterocycles. The van der Waals surface area contributed by atoms with Gasteiger partial charge >= 0.3 is 6.03 Å². The fourth-order valence-corrected chi connectivity index (χ4v) is 4.38. The van der Waals surface area contributed by atoms with Crippen LogP contribution >= 0.6 is 0 Å². The lowest BCUT2D eigenvalue weighted by Crippen LogP contribution is -2.27. The molecular formula is C34H30N4O3. The van der Waals surface area contributed by atoms with Gasteiger partial charge < -0.3 is 20.7 Å². The molecule has 0 aliphatic rings. The number of nitrogens with one attached hydrogen (secondary N) is 3. The first-order valence-corrected chi connectivity index (χ1v) is 13.4. The third kappa shape index (κ3) is 7.58. The van der Waals surface area contributed by atoms with Gasteiger partial charge in [0.1, 0.15) is 11.9 Å². The third-order valence-electron chi connectivity index (χ3n) is 6.41.